The average Bonchev–Trinajstić information content (AvgIpc) is 2.96. The van der Waals surface area contributed by atoms with Crippen LogP contribution in [0.25, 0.3) is 6.08 Å². The van der Waals surface area contributed by atoms with E-state index in [1.807, 2.05) is 18.2 Å². The number of rotatable bonds is 5. The fraction of sp³-hybridized carbons (Fsp3) is 0.158. The Morgan fingerprint density at radius 1 is 1.08 bits per heavy atom. The van der Waals surface area contributed by atoms with Gasteiger partial charge in [-0.1, -0.05) is 29.8 Å². The van der Waals surface area contributed by atoms with Crippen molar-refractivity contribution in [2.24, 2.45) is 4.99 Å². The molecule has 0 saturated heterocycles. The van der Waals surface area contributed by atoms with E-state index in [0.717, 1.165) is 11.1 Å². The number of benzene rings is 2. The lowest BCUT2D eigenvalue weighted by molar-refractivity contribution is -0.130. The highest BCUT2D eigenvalue weighted by Crippen LogP contribution is 2.29. The van der Waals surface area contributed by atoms with Gasteiger partial charge in [0.1, 0.15) is 0 Å². The van der Waals surface area contributed by atoms with Crippen molar-refractivity contribution in [3.63, 3.8) is 0 Å². The van der Waals surface area contributed by atoms with Gasteiger partial charge >= 0.3 is 5.97 Å². The molecule has 0 bridgehead atoms. The number of halogens is 1. The number of aliphatic imine (C=N–C) groups is 1. The van der Waals surface area contributed by atoms with Crippen molar-refractivity contribution in [3.05, 3.63) is 64.3 Å². The number of hydrogen-bond acceptors (Lipinski definition) is 5. The smallest absolute Gasteiger partial charge is 0.363 e. The monoisotopic (exact) mass is 357 g/mol. The van der Waals surface area contributed by atoms with Gasteiger partial charge in [0.15, 0.2) is 17.2 Å². The highest BCUT2D eigenvalue weighted by Gasteiger charge is 2.23. The van der Waals surface area contributed by atoms with Gasteiger partial charge in [-0.15, -0.1) is 0 Å². The number of cyclic esters (lactones) is 1. The van der Waals surface area contributed by atoms with E-state index in [4.69, 9.17) is 25.8 Å². The third kappa shape index (κ3) is 4.00. The number of carbonyl (C=O) groups is 1. The minimum atomic E-state index is -0.473. The first-order valence-corrected chi connectivity index (χ1v) is 7.95. The van der Waals surface area contributed by atoms with Gasteiger partial charge < -0.3 is 14.2 Å². The van der Waals surface area contributed by atoms with Crippen molar-refractivity contribution in [3.8, 4) is 11.5 Å². The molecule has 128 valence electrons. The third-order valence-corrected chi connectivity index (χ3v) is 3.90. The Balaban J connectivity index is 1.82. The summed E-state index contributed by atoms with van der Waals surface area (Å²) in [5, 5.41) is 0.656. The first kappa shape index (κ1) is 17.0. The molecule has 0 aliphatic carbocycles. The Bertz CT molecular complexity index is 856. The number of esters is 1. The standard InChI is InChI=1S/C19H16ClNO4/c1-23-16-8-5-13(10-17(16)24-2)9-15-19(22)25-18(21-15)11-12-3-6-14(20)7-4-12/h3-10H,11H2,1-2H3/b15-9+. The summed E-state index contributed by atoms with van der Waals surface area (Å²) in [4.78, 5) is 16.3. The van der Waals surface area contributed by atoms with Crippen LogP contribution in [0.15, 0.2) is 53.2 Å². The molecule has 1 aliphatic rings. The highest BCUT2D eigenvalue weighted by molar-refractivity contribution is 6.30. The van der Waals surface area contributed by atoms with Crippen LogP contribution in [-0.4, -0.2) is 26.1 Å². The molecular weight excluding hydrogens is 342 g/mol. The van der Waals surface area contributed by atoms with Gasteiger partial charge in [0, 0.05) is 11.4 Å². The first-order chi connectivity index (χ1) is 12.1. The van der Waals surface area contributed by atoms with Crippen molar-refractivity contribution >= 4 is 29.5 Å². The molecule has 0 atom stereocenters. The van der Waals surface area contributed by atoms with Crippen molar-refractivity contribution in [2.45, 2.75) is 6.42 Å². The van der Waals surface area contributed by atoms with Gasteiger partial charge in [0.2, 0.25) is 5.90 Å². The summed E-state index contributed by atoms with van der Waals surface area (Å²) < 4.78 is 15.7. The van der Waals surface area contributed by atoms with Crippen LogP contribution in [0.4, 0.5) is 0 Å². The molecule has 1 heterocycles. The quantitative estimate of drug-likeness (QED) is 0.601. The van der Waals surface area contributed by atoms with Gasteiger partial charge in [-0.05, 0) is 41.5 Å². The summed E-state index contributed by atoms with van der Waals surface area (Å²) >= 11 is 5.87. The van der Waals surface area contributed by atoms with E-state index >= 15 is 0 Å². The number of hydrogen-bond donors (Lipinski definition) is 0. The molecule has 3 rings (SSSR count). The van der Waals surface area contributed by atoms with E-state index in [9.17, 15) is 4.79 Å². The van der Waals surface area contributed by atoms with Crippen LogP contribution in [-0.2, 0) is 16.0 Å². The summed E-state index contributed by atoms with van der Waals surface area (Å²) in [6.45, 7) is 0. The largest absolute Gasteiger partial charge is 0.493 e. The van der Waals surface area contributed by atoms with E-state index in [2.05, 4.69) is 4.99 Å². The molecule has 0 fully saturated rings. The zero-order valence-corrected chi connectivity index (χ0v) is 14.5. The molecular formula is C19H16ClNO4. The molecule has 0 N–H and O–H groups in total. The Hall–Kier alpha value is -2.79. The molecule has 1 aliphatic heterocycles. The first-order valence-electron chi connectivity index (χ1n) is 7.57. The van der Waals surface area contributed by atoms with Gasteiger partial charge in [-0.3, -0.25) is 0 Å². The Kier molecular flexibility index (Phi) is 5.05. The van der Waals surface area contributed by atoms with Crippen molar-refractivity contribution < 1.29 is 19.0 Å². The average molecular weight is 358 g/mol. The molecule has 0 radical (unpaired) electrons. The Labute approximate surface area is 150 Å². The second-order valence-corrected chi connectivity index (χ2v) is 5.78. The predicted octanol–water partition coefficient (Wildman–Crippen LogP) is 3.90. The maximum absolute atomic E-state index is 12.0. The van der Waals surface area contributed by atoms with E-state index in [1.165, 1.54) is 0 Å². The van der Waals surface area contributed by atoms with Crippen molar-refractivity contribution in [2.75, 3.05) is 14.2 Å². The van der Waals surface area contributed by atoms with Gasteiger partial charge in [0.25, 0.3) is 0 Å². The lowest BCUT2D eigenvalue weighted by Gasteiger charge is -2.07. The highest BCUT2D eigenvalue weighted by atomic mass is 35.5. The molecule has 5 nitrogen and oxygen atoms in total. The van der Waals surface area contributed by atoms with Crippen LogP contribution in [0.2, 0.25) is 5.02 Å². The molecule has 0 spiro atoms. The van der Waals surface area contributed by atoms with Crippen LogP contribution in [0.1, 0.15) is 11.1 Å². The van der Waals surface area contributed by atoms with Crippen LogP contribution < -0.4 is 9.47 Å². The third-order valence-electron chi connectivity index (χ3n) is 3.64. The molecule has 2 aromatic rings. The zero-order chi connectivity index (χ0) is 17.8. The fourth-order valence-corrected chi connectivity index (χ4v) is 2.53. The van der Waals surface area contributed by atoms with Crippen LogP contribution >= 0.6 is 11.6 Å². The number of ether oxygens (including phenoxy) is 3. The molecule has 25 heavy (non-hydrogen) atoms. The van der Waals surface area contributed by atoms with E-state index in [-0.39, 0.29) is 5.70 Å². The number of nitrogens with zero attached hydrogens (tertiary/aromatic N) is 1. The minimum absolute atomic E-state index is 0.246. The van der Waals surface area contributed by atoms with Crippen LogP contribution in [0, 0.1) is 0 Å². The van der Waals surface area contributed by atoms with Gasteiger partial charge in [0.05, 0.1) is 14.2 Å². The lowest BCUT2D eigenvalue weighted by atomic mass is 10.1. The molecule has 0 aromatic heterocycles. The Morgan fingerprint density at radius 2 is 1.80 bits per heavy atom. The predicted molar refractivity (Wildman–Crippen MR) is 96.2 cm³/mol. The molecule has 6 heteroatoms. The topological polar surface area (TPSA) is 57.1 Å². The molecule has 0 saturated carbocycles. The van der Waals surface area contributed by atoms with E-state index in [1.54, 1.807) is 44.6 Å². The fourth-order valence-electron chi connectivity index (χ4n) is 2.41. The number of methoxy groups -OCH3 is 2. The summed E-state index contributed by atoms with van der Waals surface area (Å²) in [7, 11) is 3.12. The molecule has 0 unspecified atom stereocenters. The summed E-state index contributed by atoms with van der Waals surface area (Å²) in [5.74, 6) is 1.08. The molecule has 2 aromatic carbocycles. The molecule has 0 amide bonds. The Morgan fingerprint density at radius 3 is 2.48 bits per heavy atom. The van der Waals surface area contributed by atoms with E-state index < -0.39 is 5.97 Å². The maximum Gasteiger partial charge on any atom is 0.363 e. The van der Waals surface area contributed by atoms with E-state index in [0.29, 0.717) is 28.8 Å². The van der Waals surface area contributed by atoms with Crippen LogP contribution in [0.5, 0.6) is 11.5 Å². The van der Waals surface area contributed by atoms with Crippen molar-refractivity contribution in [1.29, 1.82) is 0 Å². The SMILES string of the molecule is COc1ccc(/C=C2/N=C(Cc3ccc(Cl)cc3)OC2=O)cc1OC. The summed E-state index contributed by atoms with van der Waals surface area (Å²) in [6.07, 6.45) is 2.07. The summed E-state index contributed by atoms with van der Waals surface area (Å²) in [5.41, 5.74) is 1.97. The van der Waals surface area contributed by atoms with Crippen LogP contribution in [0.3, 0.4) is 0 Å². The van der Waals surface area contributed by atoms with Crippen molar-refractivity contribution in [1.82, 2.24) is 0 Å². The second-order valence-electron chi connectivity index (χ2n) is 5.34. The minimum Gasteiger partial charge on any atom is -0.493 e. The normalized spacial score (nSPS) is 15.1. The van der Waals surface area contributed by atoms with Gasteiger partial charge in [-0.25, -0.2) is 9.79 Å². The van der Waals surface area contributed by atoms with Gasteiger partial charge in [-0.2, -0.15) is 0 Å². The lowest BCUT2D eigenvalue weighted by Crippen LogP contribution is -2.06. The second kappa shape index (κ2) is 7.40. The number of carbonyl (C=O) groups excluding carboxylic acids is 1. The zero-order valence-electron chi connectivity index (χ0n) is 13.8. The summed E-state index contributed by atoms with van der Waals surface area (Å²) in [6, 6.07) is 12.7. The maximum atomic E-state index is 12.0.